The van der Waals surface area contributed by atoms with Crippen molar-refractivity contribution in [2.45, 2.75) is 0 Å². The number of nitrogens with one attached hydrogen (secondary N) is 2. The third kappa shape index (κ3) is 3.14. The van der Waals surface area contributed by atoms with Crippen LogP contribution in [0.25, 0.3) is 0 Å². The van der Waals surface area contributed by atoms with Crippen LogP contribution in [0.4, 0.5) is 0 Å². The summed E-state index contributed by atoms with van der Waals surface area (Å²) in [4.78, 5) is 44.2. The first-order chi connectivity index (χ1) is 9.33. The van der Waals surface area contributed by atoms with Crippen molar-refractivity contribution in [3.63, 3.8) is 0 Å². The molecule has 1 aliphatic heterocycles. The fraction of sp³-hybridized carbons (Fsp3) is 0.200. The van der Waals surface area contributed by atoms with Gasteiger partial charge in [0.25, 0.3) is 11.8 Å². The van der Waals surface area contributed by atoms with Gasteiger partial charge in [0.05, 0.1) is 9.81 Å². The highest BCUT2D eigenvalue weighted by Crippen LogP contribution is 2.45. The van der Waals surface area contributed by atoms with Gasteiger partial charge >= 0.3 is 11.9 Å². The van der Waals surface area contributed by atoms with Crippen LogP contribution in [0.5, 0.6) is 0 Å². The van der Waals surface area contributed by atoms with E-state index >= 15 is 0 Å². The molecule has 1 heterocycles. The van der Waals surface area contributed by atoms with Crippen molar-refractivity contribution in [1.82, 2.24) is 10.6 Å². The quantitative estimate of drug-likeness (QED) is 0.548. The summed E-state index contributed by atoms with van der Waals surface area (Å²) in [7, 11) is 2.64. The minimum absolute atomic E-state index is 0.153. The summed E-state index contributed by atoms with van der Waals surface area (Å²) in [6, 6.07) is 0. The number of thioether (sulfide) groups is 2. The molecule has 0 aromatic rings. The van der Waals surface area contributed by atoms with Gasteiger partial charge in [0.2, 0.25) is 0 Å². The summed E-state index contributed by atoms with van der Waals surface area (Å²) < 4.78 is 0. The molecule has 0 radical (unpaired) electrons. The van der Waals surface area contributed by atoms with E-state index in [0.717, 1.165) is 0 Å². The van der Waals surface area contributed by atoms with Gasteiger partial charge < -0.3 is 20.8 Å². The Balaban J connectivity index is 3.37. The average Bonchev–Trinajstić information content (AvgIpc) is 2.43. The van der Waals surface area contributed by atoms with Gasteiger partial charge in [0.15, 0.2) is 0 Å². The molecule has 108 valence electrons. The Hall–Kier alpha value is -1.94. The zero-order valence-electron chi connectivity index (χ0n) is 10.3. The molecule has 2 amide bonds. The van der Waals surface area contributed by atoms with Crippen LogP contribution in [0.2, 0.25) is 0 Å². The van der Waals surface area contributed by atoms with Crippen molar-refractivity contribution in [3.8, 4) is 0 Å². The van der Waals surface area contributed by atoms with E-state index in [-0.39, 0.29) is 9.81 Å². The molecule has 0 fully saturated rings. The van der Waals surface area contributed by atoms with Crippen LogP contribution < -0.4 is 10.6 Å². The highest BCUT2D eigenvalue weighted by molar-refractivity contribution is 8.15. The van der Waals surface area contributed by atoms with E-state index in [2.05, 4.69) is 10.6 Å². The van der Waals surface area contributed by atoms with Gasteiger partial charge in [0.1, 0.15) is 9.81 Å². The molecule has 10 heteroatoms. The monoisotopic (exact) mass is 318 g/mol. The number of rotatable bonds is 4. The molecule has 0 unspecified atom stereocenters. The number of carboxylic acids is 2. The number of carbonyl (C=O) groups excluding carboxylic acids is 2. The van der Waals surface area contributed by atoms with Crippen molar-refractivity contribution in [2.75, 3.05) is 14.1 Å². The van der Waals surface area contributed by atoms with E-state index in [0.29, 0.717) is 23.5 Å². The molecule has 0 aliphatic carbocycles. The van der Waals surface area contributed by atoms with Crippen LogP contribution in [0.3, 0.4) is 0 Å². The molecule has 20 heavy (non-hydrogen) atoms. The molecule has 8 nitrogen and oxygen atoms in total. The van der Waals surface area contributed by atoms with Gasteiger partial charge in [-0.3, -0.25) is 9.59 Å². The fourth-order valence-corrected chi connectivity index (χ4v) is 3.40. The Morgan fingerprint density at radius 1 is 0.750 bits per heavy atom. The maximum Gasteiger partial charge on any atom is 0.343 e. The smallest absolute Gasteiger partial charge is 0.343 e. The molecule has 4 N–H and O–H groups in total. The SMILES string of the molecule is CNC(=O)C1=C(C(=O)NC)SC(C(=O)O)=C(C(=O)O)S1. The molecule has 1 aliphatic rings. The van der Waals surface area contributed by atoms with E-state index in [4.69, 9.17) is 10.2 Å². The standard InChI is InChI=1S/C10H10N2O6S2/c1-11-7(13)3-4(8(14)12-2)20-6(10(17)18)5(19-3)9(15)16/h1-2H3,(H,11,13)(H,12,14)(H,15,16)(H,17,18). The largest absolute Gasteiger partial charge is 0.477 e. The van der Waals surface area contributed by atoms with Gasteiger partial charge in [-0.05, 0) is 0 Å². The number of amides is 2. The summed E-state index contributed by atoms with van der Waals surface area (Å²) in [5, 5.41) is 22.5. The highest BCUT2D eigenvalue weighted by atomic mass is 32.2. The Morgan fingerprint density at radius 3 is 1.25 bits per heavy atom. The molecular weight excluding hydrogens is 308 g/mol. The molecule has 1 rings (SSSR count). The van der Waals surface area contributed by atoms with Crippen molar-refractivity contribution in [2.24, 2.45) is 0 Å². The number of aliphatic carboxylic acids is 2. The van der Waals surface area contributed by atoms with Crippen molar-refractivity contribution < 1.29 is 29.4 Å². The van der Waals surface area contributed by atoms with Crippen molar-refractivity contribution in [3.05, 3.63) is 19.6 Å². The summed E-state index contributed by atoms with van der Waals surface area (Å²) in [5.41, 5.74) is 0. The molecule has 0 atom stereocenters. The lowest BCUT2D eigenvalue weighted by Crippen LogP contribution is -2.28. The Morgan fingerprint density at radius 2 is 1.05 bits per heavy atom. The van der Waals surface area contributed by atoms with Gasteiger partial charge in [0, 0.05) is 14.1 Å². The van der Waals surface area contributed by atoms with Crippen LogP contribution in [-0.4, -0.2) is 48.1 Å². The van der Waals surface area contributed by atoms with Crippen LogP contribution in [0.15, 0.2) is 19.6 Å². The van der Waals surface area contributed by atoms with Crippen LogP contribution in [0.1, 0.15) is 0 Å². The Bertz CT molecular complexity index is 518. The predicted molar refractivity (Wildman–Crippen MR) is 72.6 cm³/mol. The van der Waals surface area contributed by atoms with Crippen LogP contribution >= 0.6 is 23.5 Å². The summed E-state index contributed by atoms with van der Waals surface area (Å²) in [6.07, 6.45) is 0. The van der Waals surface area contributed by atoms with Crippen molar-refractivity contribution >= 4 is 47.3 Å². The van der Waals surface area contributed by atoms with Crippen molar-refractivity contribution in [1.29, 1.82) is 0 Å². The lowest BCUT2D eigenvalue weighted by atomic mass is 10.4. The van der Waals surface area contributed by atoms with Gasteiger partial charge in [-0.1, -0.05) is 23.5 Å². The van der Waals surface area contributed by atoms with E-state index in [1.165, 1.54) is 14.1 Å². The number of carboxylic acid groups (broad SMARTS) is 2. The zero-order valence-corrected chi connectivity index (χ0v) is 12.0. The molecule has 0 saturated heterocycles. The third-order valence-corrected chi connectivity index (χ3v) is 4.69. The second-order valence-electron chi connectivity index (χ2n) is 3.29. The summed E-state index contributed by atoms with van der Waals surface area (Å²) >= 11 is 0.891. The fourth-order valence-electron chi connectivity index (χ4n) is 1.20. The predicted octanol–water partition coefficient (Wildman–Crippen LogP) is -0.449. The number of carbonyl (C=O) groups is 4. The lowest BCUT2D eigenvalue weighted by molar-refractivity contribution is -0.134. The molecule has 0 bridgehead atoms. The van der Waals surface area contributed by atoms with Gasteiger partial charge in [-0.15, -0.1) is 0 Å². The molecule has 0 saturated carbocycles. The number of hydrogen-bond donors (Lipinski definition) is 4. The second-order valence-corrected chi connectivity index (χ2v) is 5.33. The average molecular weight is 318 g/mol. The summed E-state index contributed by atoms with van der Waals surface area (Å²) in [5.74, 6) is -4.27. The number of likely N-dealkylation sites (N-methyl/N-ethyl adjacent to an activating group) is 2. The lowest BCUT2D eigenvalue weighted by Gasteiger charge is -2.19. The highest BCUT2D eigenvalue weighted by Gasteiger charge is 2.35. The normalized spacial score (nSPS) is 14.9. The maximum absolute atomic E-state index is 11.7. The first kappa shape index (κ1) is 16.1. The molecule has 0 aromatic heterocycles. The number of hydrogen-bond acceptors (Lipinski definition) is 6. The van der Waals surface area contributed by atoms with E-state index in [1.54, 1.807) is 0 Å². The zero-order chi connectivity index (χ0) is 15.4. The molecule has 0 spiro atoms. The van der Waals surface area contributed by atoms with Gasteiger partial charge in [-0.25, -0.2) is 9.59 Å². The molecular formula is C10H10N2O6S2. The Labute approximate surface area is 121 Å². The van der Waals surface area contributed by atoms with Crippen LogP contribution in [0, 0.1) is 0 Å². The molecule has 0 aromatic carbocycles. The maximum atomic E-state index is 11.7. The van der Waals surface area contributed by atoms with Gasteiger partial charge in [-0.2, -0.15) is 0 Å². The van der Waals surface area contributed by atoms with E-state index in [1.807, 2.05) is 0 Å². The first-order valence-electron chi connectivity index (χ1n) is 5.08. The summed E-state index contributed by atoms with van der Waals surface area (Å²) in [6.45, 7) is 0. The third-order valence-electron chi connectivity index (χ3n) is 2.08. The van der Waals surface area contributed by atoms with E-state index < -0.39 is 33.6 Å². The Kier molecular flexibility index (Phi) is 5.22. The van der Waals surface area contributed by atoms with Crippen LogP contribution in [-0.2, 0) is 19.2 Å². The first-order valence-corrected chi connectivity index (χ1v) is 6.71. The minimum atomic E-state index is -1.47. The second kappa shape index (κ2) is 6.48. The topological polar surface area (TPSA) is 133 Å². The van der Waals surface area contributed by atoms with E-state index in [9.17, 15) is 19.2 Å². The minimum Gasteiger partial charge on any atom is -0.477 e.